The van der Waals surface area contributed by atoms with E-state index in [4.69, 9.17) is 14.2 Å². The number of carbonyl (C=O) groups excluding carboxylic acids is 1. The van der Waals surface area contributed by atoms with Crippen LogP contribution in [-0.2, 0) is 9.53 Å². The van der Waals surface area contributed by atoms with Gasteiger partial charge in [-0.1, -0.05) is 12.1 Å². The van der Waals surface area contributed by atoms with Gasteiger partial charge < -0.3 is 14.2 Å². The van der Waals surface area contributed by atoms with Gasteiger partial charge in [0.15, 0.2) is 17.2 Å². The Morgan fingerprint density at radius 1 is 1.08 bits per heavy atom. The third-order valence-corrected chi connectivity index (χ3v) is 3.56. The maximum absolute atomic E-state index is 13.3. The van der Waals surface area contributed by atoms with E-state index in [9.17, 15) is 9.18 Å². The minimum absolute atomic E-state index is 0.0803. The minimum atomic E-state index is -0.587. The van der Waals surface area contributed by atoms with E-state index in [1.807, 2.05) is 13.8 Å². The highest BCUT2D eigenvalue weighted by atomic mass is 19.1. The van der Waals surface area contributed by atoms with Crippen LogP contribution in [0.2, 0.25) is 0 Å². The molecule has 1 heterocycles. The molecule has 0 aliphatic carbocycles. The lowest BCUT2D eigenvalue weighted by molar-refractivity contribution is -0.129. The monoisotopic (exact) mass is 355 g/mol. The van der Waals surface area contributed by atoms with Gasteiger partial charge in [0, 0.05) is 5.56 Å². The maximum atomic E-state index is 13.3. The fraction of sp³-hybridized carbons (Fsp3) is 0.200. The number of rotatable bonds is 6. The molecule has 0 bridgehead atoms. The number of aliphatic imine (C=N–C) groups is 1. The first-order chi connectivity index (χ1) is 12.6. The van der Waals surface area contributed by atoms with Crippen molar-refractivity contribution >= 4 is 17.9 Å². The van der Waals surface area contributed by atoms with Gasteiger partial charge in [0.25, 0.3) is 0 Å². The van der Waals surface area contributed by atoms with Gasteiger partial charge in [0.05, 0.1) is 13.2 Å². The third kappa shape index (κ3) is 3.91. The first-order valence-electron chi connectivity index (χ1n) is 8.29. The summed E-state index contributed by atoms with van der Waals surface area (Å²) in [5.41, 5.74) is 1.26. The summed E-state index contributed by atoms with van der Waals surface area (Å²) >= 11 is 0. The summed E-state index contributed by atoms with van der Waals surface area (Å²) in [6.45, 7) is 4.78. The van der Waals surface area contributed by atoms with E-state index in [-0.39, 0.29) is 11.6 Å². The average molecular weight is 355 g/mol. The van der Waals surface area contributed by atoms with Gasteiger partial charge in [-0.3, -0.25) is 0 Å². The van der Waals surface area contributed by atoms with E-state index in [2.05, 4.69) is 4.99 Å². The predicted octanol–water partition coefficient (Wildman–Crippen LogP) is 3.97. The molecule has 1 aliphatic rings. The molecule has 0 spiro atoms. The number of hydrogen-bond donors (Lipinski definition) is 0. The van der Waals surface area contributed by atoms with Gasteiger partial charge >= 0.3 is 5.97 Å². The van der Waals surface area contributed by atoms with Gasteiger partial charge in [0.2, 0.25) is 5.90 Å². The van der Waals surface area contributed by atoms with E-state index >= 15 is 0 Å². The highest BCUT2D eigenvalue weighted by Crippen LogP contribution is 2.30. The van der Waals surface area contributed by atoms with Crippen LogP contribution in [0.15, 0.2) is 53.2 Å². The smallest absolute Gasteiger partial charge is 0.363 e. The summed E-state index contributed by atoms with van der Waals surface area (Å²) in [6.07, 6.45) is 1.59. The Morgan fingerprint density at radius 2 is 1.85 bits per heavy atom. The zero-order chi connectivity index (χ0) is 18.5. The van der Waals surface area contributed by atoms with Crippen LogP contribution in [0.5, 0.6) is 11.5 Å². The molecule has 0 amide bonds. The maximum Gasteiger partial charge on any atom is 0.363 e. The number of halogens is 1. The van der Waals surface area contributed by atoms with Crippen LogP contribution in [0.25, 0.3) is 6.08 Å². The normalized spacial score (nSPS) is 15.0. The Kier molecular flexibility index (Phi) is 5.31. The van der Waals surface area contributed by atoms with Crippen molar-refractivity contribution < 1.29 is 23.4 Å². The Balaban J connectivity index is 1.91. The number of nitrogens with zero attached hydrogens (tertiary/aromatic N) is 1. The number of ether oxygens (including phenoxy) is 3. The highest BCUT2D eigenvalue weighted by Gasteiger charge is 2.24. The Labute approximate surface area is 150 Å². The highest BCUT2D eigenvalue weighted by molar-refractivity contribution is 6.12. The van der Waals surface area contributed by atoms with Crippen molar-refractivity contribution in [3.05, 3.63) is 65.1 Å². The Bertz CT molecular complexity index is 889. The molecular formula is C20H18FNO4. The van der Waals surface area contributed by atoms with Crippen molar-refractivity contribution in [2.24, 2.45) is 4.99 Å². The first-order valence-corrected chi connectivity index (χ1v) is 8.29. The second kappa shape index (κ2) is 7.82. The van der Waals surface area contributed by atoms with Crippen LogP contribution in [-0.4, -0.2) is 25.1 Å². The standard InChI is InChI=1S/C20H18FNO4/c1-3-24-17-9-8-13(11-18(17)25-4-2)10-16-20(23)26-19(22-16)14-6-5-7-15(21)12-14/h5-12H,3-4H2,1-2H3. The van der Waals surface area contributed by atoms with Crippen molar-refractivity contribution in [3.8, 4) is 11.5 Å². The topological polar surface area (TPSA) is 57.1 Å². The number of cyclic esters (lactones) is 1. The Hall–Kier alpha value is -3.15. The molecule has 0 saturated carbocycles. The predicted molar refractivity (Wildman–Crippen MR) is 95.8 cm³/mol. The SMILES string of the molecule is CCOc1ccc(C=C2N=C(c3cccc(F)c3)OC2=O)cc1OCC. The average Bonchev–Trinajstić information content (AvgIpc) is 2.98. The molecule has 0 N–H and O–H groups in total. The second-order valence-corrected chi connectivity index (χ2v) is 5.42. The van der Waals surface area contributed by atoms with Crippen LogP contribution >= 0.6 is 0 Å². The summed E-state index contributed by atoms with van der Waals surface area (Å²) in [6, 6.07) is 11.1. The molecule has 134 valence electrons. The van der Waals surface area contributed by atoms with Crippen LogP contribution in [0.4, 0.5) is 4.39 Å². The molecule has 3 rings (SSSR count). The fourth-order valence-electron chi connectivity index (χ4n) is 2.47. The molecule has 2 aromatic rings. The number of carbonyl (C=O) groups is 1. The van der Waals surface area contributed by atoms with Crippen molar-refractivity contribution in [2.45, 2.75) is 13.8 Å². The van der Waals surface area contributed by atoms with E-state index in [1.165, 1.54) is 18.2 Å². The molecular weight excluding hydrogens is 337 g/mol. The molecule has 0 saturated heterocycles. The van der Waals surface area contributed by atoms with Crippen LogP contribution in [0, 0.1) is 5.82 Å². The molecule has 26 heavy (non-hydrogen) atoms. The molecule has 0 unspecified atom stereocenters. The van der Waals surface area contributed by atoms with Crippen molar-refractivity contribution in [1.29, 1.82) is 0 Å². The zero-order valence-electron chi connectivity index (χ0n) is 14.5. The largest absolute Gasteiger partial charge is 0.490 e. The van der Waals surface area contributed by atoms with Crippen LogP contribution < -0.4 is 9.47 Å². The molecule has 0 fully saturated rings. The molecule has 6 heteroatoms. The number of benzene rings is 2. The van der Waals surface area contributed by atoms with Crippen molar-refractivity contribution in [1.82, 2.24) is 0 Å². The van der Waals surface area contributed by atoms with Gasteiger partial charge in [0.1, 0.15) is 5.82 Å². The summed E-state index contributed by atoms with van der Waals surface area (Å²) < 4.78 is 29.6. The molecule has 0 aromatic heterocycles. The van der Waals surface area contributed by atoms with Crippen LogP contribution in [0.1, 0.15) is 25.0 Å². The Morgan fingerprint density at radius 3 is 2.58 bits per heavy atom. The summed E-state index contributed by atoms with van der Waals surface area (Å²) in [5, 5.41) is 0. The first kappa shape index (κ1) is 17.7. The van der Waals surface area contributed by atoms with E-state index in [0.29, 0.717) is 35.8 Å². The lowest BCUT2D eigenvalue weighted by Gasteiger charge is -2.11. The molecule has 5 nitrogen and oxygen atoms in total. The fourth-order valence-corrected chi connectivity index (χ4v) is 2.47. The number of esters is 1. The minimum Gasteiger partial charge on any atom is -0.490 e. The summed E-state index contributed by atoms with van der Waals surface area (Å²) in [5.74, 6) is 0.290. The lowest BCUT2D eigenvalue weighted by Crippen LogP contribution is -2.05. The zero-order valence-corrected chi connectivity index (χ0v) is 14.5. The third-order valence-electron chi connectivity index (χ3n) is 3.56. The van der Waals surface area contributed by atoms with E-state index in [1.54, 1.807) is 30.3 Å². The van der Waals surface area contributed by atoms with Crippen molar-refractivity contribution in [2.75, 3.05) is 13.2 Å². The molecule has 0 radical (unpaired) electrons. The van der Waals surface area contributed by atoms with E-state index < -0.39 is 11.8 Å². The molecule has 1 aliphatic heterocycles. The van der Waals surface area contributed by atoms with Crippen molar-refractivity contribution in [3.63, 3.8) is 0 Å². The van der Waals surface area contributed by atoms with Gasteiger partial charge in [-0.2, -0.15) is 0 Å². The summed E-state index contributed by atoms with van der Waals surface area (Å²) in [4.78, 5) is 16.2. The van der Waals surface area contributed by atoms with Crippen LogP contribution in [0.3, 0.4) is 0 Å². The quantitative estimate of drug-likeness (QED) is 0.581. The van der Waals surface area contributed by atoms with Gasteiger partial charge in [-0.05, 0) is 55.8 Å². The lowest BCUT2D eigenvalue weighted by atomic mass is 10.1. The summed E-state index contributed by atoms with van der Waals surface area (Å²) in [7, 11) is 0. The molecule has 0 atom stereocenters. The van der Waals surface area contributed by atoms with E-state index in [0.717, 1.165) is 0 Å². The molecule has 2 aromatic carbocycles. The second-order valence-electron chi connectivity index (χ2n) is 5.42. The number of hydrogen-bond acceptors (Lipinski definition) is 5. The van der Waals surface area contributed by atoms with Gasteiger partial charge in [-0.25, -0.2) is 14.2 Å². The van der Waals surface area contributed by atoms with Gasteiger partial charge in [-0.15, -0.1) is 0 Å².